The van der Waals surface area contributed by atoms with Crippen molar-refractivity contribution in [2.45, 2.75) is 12.0 Å². The molecule has 1 aromatic rings. The van der Waals surface area contributed by atoms with Crippen molar-refractivity contribution in [2.24, 2.45) is 0 Å². The Hall–Kier alpha value is -0.420. The molecular weight excluding hydrogens is 227 g/mol. The van der Waals surface area contributed by atoms with Crippen molar-refractivity contribution in [3.8, 4) is 0 Å². The lowest BCUT2D eigenvalue weighted by molar-refractivity contribution is 0.0154. The van der Waals surface area contributed by atoms with E-state index in [4.69, 9.17) is 27.9 Å². The second-order valence-electron chi connectivity index (χ2n) is 3.17. The summed E-state index contributed by atoms with van der Waals surface area (Å²) in [6, 6.07) is 1.42. The predicted molar refractivity (Wildman–Crippen MR) is 51.4 cm³/mol. The molecular formula is C8H8Cl2N2O2. The summed E-state index contributed by atoms with van der Waals surface area (Å²) in [6.07, 6.45) is 0.462. The van der Waals surface area contributed by atoms with E-state index < -0.39 is 5.60 Å². The molecule has 2 rings (SSSR count). The molecule has 2 heterocycles. The number of halogens is 2. The maximum Gasteiger partial charge on any atom is 0.165 e. The van der Waals surface area contributed by atoms with Crippen LogP contribution in [-0.4, -0.2) is 28.3 Å². The second kappa shape index (κ2) is 3.62. The molecule has 0 saturated carbocycles. The van der Waals surface area contributed by atoms with Crippen LogP contribution in [0, 0.1) is 0 Å². The fraction of sp³-hybridized carbons (Fsp3) is 0.500. The zero-order valence-corrected chi connectivity index (χ0v) is 8.72. The predicted octanol–water partition coefficient (Wildman–Crippen LogP) is 1.39. The summed E-state index contributed by atoms with van der Waals surface area (Å²) in [5, 5.41) is 10.5. The number of rotatable bonds is 1. The molecule has 1 aliphatic heterocycles. The molecule has 76 valence electrons. The highest BCUT2D eigenvalue weighted by atomic mass is 35.5. The first-order valence-electron chi connectivity index (χ1n) is 4.11. The standard InChI is InChI=1S/C8H8Cl2N2O2/c9-5-3-6(10)12-7(11-5)8(13)1-2-14-4-8/h3,13H,1-2,4H2. The van der Waals surface area contributed by atoms with Gasteiger partial charge < -0.3 is 9.84 Å². The molecule has 0 amide bonds. The molecule has 1 saturated heterocycles. The van der Waals surface area contributed by atoms with Gasteiger partial charge in [0.2, 0.25) is 0 Å². The van der Waals surface area contributed by atoms with Crippen LogP contribution < -0.4 is 0 Å². The smallest absolute Gasteiger partial charge is 0.165 e. The summed E-state index contributed by atoms with van der Waals surface area (Å²) in [4.78, 5) is 7.86. The van der Waals surface area contributed by atoms with Crippen LogP contribution in [0.4, 0.5) is 0 Å². The van der Waals surface area contributed by atoms with E-state index in [9.17, 15) is 5.11 Å². The highest BCUT2D eigenvalue weighted by molar-refractivity contribution is 6.33. The van der Waals surface area contributed by atoms with E-state index in [-0.39, 0.29) is 22.7 Å². The minimum absolute atomic E-state index is 0.184. The Morgan fingerprint density at radius 1 is 1.36 bits per heavy atom. The van der Waals surface area contributed by atoms with Gasteiger partial charge in [-0.3, -0.25) is 0 Å². The first-order chi connectivity index (χ1) is 6.60. The average molecular weight is 235 g/mol. The normalized spacial score (nSPS) is 26.8. The lowest BCUT2D eigenvalue weighted by Crippen LogP contribution is -2.28. The maximum absolute atomic E-state index is 10.0. The fourth-order valence-electron chi connectivity index (χ4n) is 1.33. The lowest BCUT2D eigenvalue weighted by atomic mass is 10.0. The van der Waals surface area contributed by atoms with E-state index in [2.05, 4.69) is 9.97 Å². The zero-order chi connectivity index (χ0) is 10.2. The number of aromatic nitrogens is 2. The molecule has 1 unspecified atom stereocenters. The van der Waals surface area contributed by atoms with E-state index in [1.54, 1.807) is 0 Å². The average Bonchev–Trinajstić information content (AvgIpc) is 2.52. The Kier molecular flexibility index (Phi) is 2.62. The minimum Gasteiger partial charge on any atom is -0.379 e. The van der Waals surface area contributed by atoms with Crippen molar-refractivity contribution < 1.29 is 9.84 Å². The summed E-state index contributed by atoms with van der Waals surface area (Å²) in [5.74, 6) is 0.229. The molecule has 4 nitrogen and oxygen atoms in total. The third-order valence-corrected chi connectivity index (χ3v) is 2.47. The van der Waals surface area contributed by atoms with Crippen LogP contribution in [0.1, 0.15) is 12.2 Å². The third kappa shape index (κ3) is 1.83. The van der Waals surface area contributed by atoms with Crippen molar-refractivity contribution in [1.82, 2.24) is 9.97 Å². The Bertz CT molecular complexity index is 333. The van der Waals surface area contributed by atoms with Gasteiger partial charge in [0, 0.05) is 12.5 Å². The SMILES string of the molecule is OC1(c2nc(Cl)cc(Cl)n2)CCOC1. The van der Waals surface area contributed by atoms with E-state index in [0.29, 0.717) is 13.0 Å². The summed E-state index contributed by atoms with van der Waals surface area (Å²) in [7, 11) is 0. The molecule has 1 aliphatic rings. The van der Waals surface area contributed by atoms with Crippen LogP contribution in [0.2, 0.25) is 10.3 Å². The quantitative estimate of drug-likeness (QED) is 0.747. The van der Waals surface area contributed by atoms with Gasteiger partial charge in [0.25, 0.3) is 0 Å². The van der Waals surface area contributed by atoms with E-state index in [0.717, 1.165) is 0 Å². The Morgan fingerprint density at radius 3 is 2.50 bits per heavy atom. The molecule has 14 heavy (non-hydrogen) atoms. The van der Waals surface area contributed by atoms with Crippen LogP contribution in [0.3, 0.4) is 0 Å². The molecule has 0 spiro atoms. The zero-order valence-electron chi connectivity index (χ0n) is 7.20. The van der Waals surface area contributed by atoms with Crippen molar-refractivity contribution in [3.63, 3.8) is 0 Å². The number of ether oxygens (including phenoxy) is 1. The summed E-state index contributed by atoms with van der Waals surface area (Å²) < 4.78 is 5.08. The third-order valence-electron chi connectivity index (χ3n) is 2.08. The van der Waals surface area contributed by atoms with Crippen molar-refractivity contribution in [2.75, 3.05) is 13.2 Å². The van der Waals surface area contributed by atoms with Crippen molar-refractivity contribution in [1.29, 1.82) is 0 Å². The summed E-state index contributed by atoms with van der Waals surface area (Å²) in [5.41, 5.74) is -1.14. The summed E-state index contributed by atoms with van der Waals surface area (Å²) >= 11 is 11.4. The van der Waals surface area contributed by atoms with E-state index in [1.165, 1.54) is 6.07 Å². The molecule has 1 N–H and O–H groups in total. The maximum atomic E-state index is 10.0. The molecule has 1 aromatic heterocycles. The van der Waals surface area contributed by atoms with Gasteiger partial charge in [0.05, 0.1) is 13.2 Å². The van der Waals surface area contributed by atoms with Gasteiger partial charge in [-0.05, 0) is 0 Å². The van der Waals surface area contributed by atoms with Gasteiger partial charge >= 0.3 is 0 Å². The van der Waals surface area contributed by atoms with E-state index in [1.807, 2.05) is 0 Å². The van der Waals surface area contributed by atoms with Crippen molar-refractivity contribution >= 4 is 23.2 Å². The van der Waals surface area contributed by atoms with Crippen molar-refractivity contribution in [3.05, 3.63) is 22.2 Å². The van der Waals surface area contributed by atoms with Crippen LogP contribution >= 0.6 is 23.2 Å². The van der Waals surface area contributed by atoms with Crippen LogP contribution in [-0.2, 0) is 10.3 Å². The molecule has 6 heteroatoms. The van der Waals surface area contributed by atoms with Gasteiger partial charge in [-0.25, -0.2) is 9.97 Å². The van der Waals surface area contributed by atoms with E-state index >= 15 is 0 Å². The van der Waals surface area contributed by atoms with Gasteiger partial charge in [-0.1, -0.05) is 23.2 Å². The van der Waals surface area contributed by atoms with Gasteiger partial charge in [0.1, 0.15) is 15.9 Å². The lowest BCUT2D eigenvalue weighted by Gasteiger charge is -2.18. The molecule has 0 radical (unpaired) electrons. The first kappa shape index (κ1) is 10.1. The molecule has 0 aromatic carbocycles. The molecule has 1 fully saturated rings. The summed E-state index contributed by atoms with van der Waals surface area (Å²) in [6.45, 7) is 0.674. The highest BCUT2D eigenvalue weighted by Gasteiger charge is 2.37. The molecule has 0 bridgehead atoms. The van der Waals surface area contributed by atoms with Gasteiger partial charge in [-0.2, -0.15) is 0 Å². The second-order valence-corrected chi connectivity index (χ2v) is 3.95. The largest absolute Gasteiger partial charge is 0.379 e. The number of aliphatic hydroxyl groups is 1. The van der Waals surface area contributed by atoms with Crippen LogP contribution in [0.15, 0.2) is 6.07 Å². The van der Waals surface area contributed by atoms with Crippen LogP contribution in [0.5, 0.6) is 0 Å². The van der Waals surface area contributed by atoms with Gasteiger partial charge in [-0.15, -0.1) is 0 Å². The molecule has 0 aliphatic carbocycles. The Labute approximate surface area is 90.8 Å². The topological polar surface area (TPSA) is 55.2 Å². The highest BCUT2D eigenvalue weighted by Crippen LogP contribution is 2.29. The number of hydrogen-bond acceptors (Lipinski definition) is 4. The molecule has 1 atom stereocenters. The Balaban J connectivity index is 2.40. The number of hydrogen-bond donors (Lipinski definition) is 1. The minimum atomic E-state index is -1.14. The van der Waals surface area contributed by atoms with Gasteiger partial charge in [0.15, 0.2) is 5.82 Å². The Morgan fingerprint density at radius 2 is 2.00 bits per heavy atom. The fourth-order valence-corrected chi connectivity index (χ4v) is 1.75. The van der Waals surface area contributed by atoms with Crippen LogP contribution in [0.25, 0.3) is 0 Å². The number of nitrogens with zero attached hydrogens (tertiary/aromatic N) is 2. The monoisotopic (exact) mass is 234 g/mol. The first-order valence-corrected chi connectivity index (χ1v) is 4.86.